The van der Waals surface area contributed by atoms with Crippen LogP contribution in [0.5, 0.6) is 0 Å². The molecule has 0 radical (unpaired) electrons. The molecule has 0 aliphatic carbocycles. The number of carbonyl (C=O) groups is 2. The van der Waals surface area contributed by atoms with Gasteiger partial charge in [0.2, 0.25) is 11.8 Å². The molecule has 5 nitrogen and oxygen atoms in total. The van der Waals surface area contributed by atoms with Gasteiger partial charge in [-0.15, -0.1) is 0 Å². The normalized spacial score (nSPS) is 19.2. The van der Waals surface area contributed by atoms with Gasteiger partial charge in [0, 0.05) is 25.4 Å². The maximum Gasteiger partial charge on any atom is 0.242 e. The van der Waals surface area contributed by atoms with Gasteiger partial charge in [-0.1, -0.05) is 0 Å². The average molecular weight is 219 g/mol. The molecule has 2 heterocycles. The van der Waals surface area contributed by atoms with Crippen LogP contribution in [-0.2, 0) is 16.1 Å². The maximum atomic E-state index is 11.6. The lowest BCUT2D eigenvalue weighted by Crippen LogP contribution is -2.41. The highest BCUT2D eigenvalue weighted by molar-refractivity contribution is 5.90. The number of nitrogens with one attached hydrogen (secondary N) is 2. The summed E-state index contributed by atoms with van der Waals surface area (Å²) in [5, 5.41) is 5.41. The molecule has 0 spiro atoms. The number of amides is 2. The average Bonchev–Trinajstić information content (AvgIpc) is 2.74. The second-order valence-corrected chi connectivity index (χ2v) is 3.73. The molecule has 1 aliphatic rings. The number of pyridine rings is 1. The van der Waals surface area contributed by atoms with Gasteiger partial charge in [0.05, 0.1) is 0 Å². The largest absolute Gasteiger partial charge is 0.350 e. The van der Waals surface area contributed by atoms with Crippen molar-refractivity contribution in [1.29, 1.82) is 0 Å². The van der Waals surface area contributed by atoms with Crippen LogP contribution >= 0.6 is 0 Å². The standard InChI is InChI=1S/C11H13N3O2/c15-10-2-1-9(14-10)11(16)13-7-8-3-5-12-6-4-8/h3-6,9H,1-2,7H2,(H,13,16)(H,14,15)/t9-/m0/s1. The highest BCUT2D eigenvalue weighted by Crippen LogP contribution is 2.06. The third-order valence-corrected chi connectivity index (χ3v) is 2.53. The molecule has 2 N–H and O–H groups in total. The molecular formula is C11H13N3O2. The van der Waals surface area contributed by atoms with E-state index in [1.807, 2.05) is 12.1 Å². The van der Waals surface area contributed by atoms with Gasteiger partial charge in [-0.2, -0.15) is 0 Å². The van der Waals surface area contributed by atoms with E-state index >= 15 is 0 Å². The molecule has 84 valence electrons. The smallest absolute Gasteiger partial charge is 0.242 e. The second-order valence-electron chi connectivity index (χ2n) is 3.73. The Morgan fingerprint density at radius 1 is 1.50 bits per heavy atom. The van der Waals surface area contributed by atoms with Crippen molar-refractivity contribution < 1.29 is 9.59 Å². The van der Waals surface area contributed by atoms with E-state index in [9.17, 15) is 9.59 Å². The Morgan fingerprint density at radius 2 is 2.25 bits per heavy atom. The third kappa shape index (κ3) is 2.56. The highest BCUT2D eigenvalue weighted by Gasteiger charge is 2.26. The summed E-state index contributed by atoms with van der Waals surface area (Å²) in [5.74, 6) is -0.174. The second kappa shape index (κ2) is 4.74. The van der Waals surface area contributed by atoms with Gasteiger partial charge in [-0.25, -0.2) is 0 Å². The van der Waals surface area contributed by atoms with Crippen LogP contribution in [0.25, 0.3) is 0 Å². The third-order valence-electron chi connectivity index (χ3n) is 2.53. The van der Waals surface area contributed by atoms with Gasteiger partial charge < -0.3 is 10.6 Å². The van der Waals surface area contributed by atoms with Crippen molar-refractivity contribution in [3.05, 3.63) is 30.1 Å². The topological polar surface area (TPSA) is 71.1 Å². The highest BCUT2D eigenvalue weighted by atomic mass is 16.2. The summed E-state index contributed by atoms with van der Waals surface area (Å²) in [6.45, 7) is 0.466. The van der Waals surface area contributed by atoms with E-state index in [1.54, 1.807) is 12.4 Å². The molecule has 0 aromatic carbocycles. The van der Waals surface area contributed by atoms with Crippen molar-refractivity contribution in [2.75, 3.05) is 0 Å². The molecule has 1 atom stereocenters. The number of carbonyl (C=O) groups excluding carboxylic acids is 2. The fraction of sp³-hybridized carbons (Fsp3) is 0.364. The first-order chi connectivity index (χ1) is 7.75. The number of hydrogen-bond donors (Lipinski definition) is 2. The van der Waals surface area contributed by atoms with Crippen LogP contribution in [0.4, 0.5) is 0 Å². The fourth-order valence-corrected chi connectivity index (χ4v) is 1.62. The minimum absolute atomic E-state index is 0.0518. The zero-order valence-corrected chi connectivity index (χ0v) is 8.77. The lowest BCUT2D eigenvalue weighted by molar-refractivity contribution is -0.125. The number of rotatable bonds is 3. The Balaban J connectivity index is 1.82. The number of nitrogens with zero attached hydrogens (tertiary/aromatic N) is 1. The quantitative estimate of drug-likeness (QED) is 0.750. The van der Waals surface area contributed by atoms with Gasteiger partial charge >= 0.3 is 0 Å². The lowest BCUT2D eigenvalue weighted by atomic mass is 10.2. The van der Waals surface area contributed by atoms with Crippen LogP contribution in [0.3, 0.4) is 0 Å². The Hall–Kier alpha value is -1.91. The van der Waals surface area contributed by atoms with E-state index in [1.165, 1.54) is 0 Å². The van der Waals surface area contributed by atoms with Crippen LogP contribution in [0.15, 0.2) is 24.5 Å². The molecule has 1 aromatic heterocycles. The van der Waals surface area contributed by atoms with Crippen LogP contribution < -0.4 is 10.6 Å². The van der Waals surface area contributed by atoms with E-state index in [0.29, 0.717) is 19.4 Å². The lowest BCUT2D eigenvalue weighted by Gasteiger charge is -2.10. The number of aromatic nitrogens is 1. The zero-order chi connectivity index (χ0) is 11.4. The minimum Gasteiger partial charge on any atom is -0.350 e. The monoisotopic (exact) mass is 219 g/mol. The molecule has 0 unspecified atom stereocenters. The first kappa shape index (κ1) is 10.6. The molecule has 16 heavy (non-hydrogen) atoms. The van der Waals surface area contributed by atoms with Crippen molar-refractivity contribution in [2.45, 2.75) is 25.4 Å². The zero-order valence-electron chi connectivity index (χ0n) is 8.77. The molecule has 2 rings (SSSR count). The molecule has 1 aromatic rings. The van der Waals surface area contributed by atoms with Crippen LogP contribution in [0, 0.1) is 0 Å². The minimum atomic E-state index is -0.366. The van der Waals surface area contributed by atoms with Crippen molar-refractivity contribution in [2.24, 2.45) is 0 Å². The van der Waals surface area contributed by atoms with Gasteiger partial charge in [0.1, 0.15) is 6.04 Å². The van der Waals surface area contributed by atoms with Gasteiger partial charge in [-0.3, -0.25) is 14.6 Å². The maximum absolute atomic E-state index is 11.6. The van der Waals surface area contributed by atoms with E-state index in [-0.39, 0.29) is 17.9 Å². The fourth-order valence-electron chi connectivity index (χ4n) is 1.62. The Bertz CT molecular complexity index is 391. The van der Waals surface area contributed by atoms with E-state index in [2.05, 4.69) is 15.6 Å². The Kier molecular flexibility index (Phi) is 3.14. The SMILES string of the molecule is O=C1CC[C@@H](C(=O)NCc2ccncc2)N1. The van der Waals surface area contributed by atoms with Crippen LogP contribution in [0.1, 0.15) is 18.4 Å². The first-order valence-corrected chi connectivity index (χ1v) is 5.21. The molecule has 0 bridgehead atoms. The Morgan fingerprint density at radius 3 is 2.88 bits per heavy atom. The summed E-state index contributed by atoms with van der Waals surface area (Å²) in [6.07, 6.45) is 4.38. The van der Waals surface area contributed by atoms with Gasteiger partial charge in [-0.05, 0) is 24.1 Å². The molecule has 1 saturated heterocycles. The molecule has 5 heteroatoms. The molecule has 1 aliphatic heterocycles. The molecule has 0 saturated carbocycles. The predicted molar refractivity (Wildman–Crippen MR) is 57.2 cm³/mol. The summed E-state index contributed by atoms with van der Waals surface area (Å²) in [5.41, 5.74) is 0.993. The first-order valence-electron chi connectivity index (χ1n) is 5.21. The van der Waals surface area contributed by atoms with Crippen molar-refractivity contribution in [1.82, 2.24) is 15.6 Å². The summed E-state index contributed by atoms with van der Waals surface area (Å²) < 4.78 is 0. The summed E-state index contributed by atoms with van der Waals surface area (Å²) in [7, 11) is 0. The van der Waals surface area contributed by atoms with Crippen molar-refractivity contribution in [3.8, 4) is 0 Å². The molecular weight excluding hydrogens is 206 g/mol. The molecule has 1 fully saturated rings. The van der Waals surface area contributed by atoms with Crippen LogP contribution in [0.2, 0.25) is 0 Å². The summed E-state index contributed by atoms with van der Waals surface area (Å²) in [4.78, 5) is 26.4. The summed E-state index contributed by atoms with van der Waals surface area (Å²) >= 11 is 0. The van der Waals surface area contributed by atoms with E-state index in [4.69, 9.17) is 0 Å². The predicted octanol–water partition coefficient (Wildman–Crippen LogP) is -0.0236. The Labute approximate surface area is 93.3 Å². The number of hydrogen-bond acceptors (Lipinski definition) is 3. The van der Waals surface area contributed by atoms with Gasteiger partial charge in [0.15, 0.2) is 0 Å². The van der Waals surface area contributed by atoms with E-state index in [0.717, 1.165) is 5.56 Å². The summed E-state index contributed by atoms with van der Waals surface area (Å²) in [6, 6.07) is 3.32. The van der Waals surface area contributed by atoms with Crippen LogP contribution in [-0.4, -0.2) is 22.8 Å². The molecule has 2 amide bonds. The van der Waals surface area contributed by atoms with Crippen molar-refractivity contribution in [3.63, 3.8) is 0 Å². The van der Waals surface area contributed by atoms with E-state index < -0.39 is 0 Å². The van der Waals surface area contributed by atoms with Crippen molar-refractivity contribution >= 4 is 11.8 Å². The van der Waals surface area contributed by atoms with Gasteiger partial charge in [0.25, 0.3) is 0 Å².